The van der Waals surface area contributed by atoms with Crippen LogP contribution in [0.15, 0.2) is 4.52 Å². The van der Waals surface area contributed by atoms with Crippen molar-refractivity contribution >= 4 is 18.3 Å². The molecule has 0 aromatic carbocycles. The van der Waals surface area contributed by atoms with Crippen LogP contribution in [-0.4, -0.2) is 34.0 Å². The first-order chi connectivity index (χ1) is 10.8. The Hall–Kier alpha value is -1.14. The zero-order chi connectivity index (χ0) is 16.7. The van der Waals surface area contributed by atoms with E-state index in [9.17, 15) is 4.79 Å². The van der Waals surface area contributed by atoms with Crippen molar-refractivity contribution in [2.45, 2.75) is 70.8 Å². The molecule has 3 rings (SSSR count). The Morgan fingerprint density at radius 2 is 1.96 bits per heavy atom. The highest BCUT2D eigenvalue weighted by Gasteiger charge is 2.38. The van der Waals surface area contributed by atoms with Gasteiger partial charge >= 0.3 is 0 Å². The summed E-state index contributed by atoms with van der Waals surface area (Å²) >= 11 is 0. The fraction of sp³-hybridized carbons (Fsp3) is 0.824. The highest BCUT2D eigenvalue weighted by molar-refractivity contribution is 5.85. The Morgan fingerprint density at radius 1 is 1.29 bits per heavy atom. The van der Waals surface area contributed by atoms with Gasteiger partial charge in [-0.05, 0) is 25.7 Å². The van der Waals surface area contributed by atoms with Crippen molar-refractivity contribution in [1.29, 1.82) is 0 Å². The summed E-state index contributed by atoms with van der Waals surface area (Å²) in [7, 11) is 0. The molecule has 0 bridgehead atoms. The molecule has 1 saturated heterocycles. The Balaban J connectivity index is 0.00000208. The molecule has 2 aliphatic rings. The molecule has 0 spiro atoms. The normalized spacial score (nSPS) is 23.8. The van der Waals surface area contributed by atoms with E-state index in [-0.39, 0.29) is 29.6 Å². The number of nitrogens with zero attached hydrogens (tertiary/aromatic N) is 3. The topological polar surface area (TPSA) is 85.2 Å². The van der Waals surface area contributed by atoms with Gasteiger partial charge in [-0.2, -0.15) is 4.98 Å². The predicted octanol–water partition coefficient (Wildman–Crippen LogP) is 2.97. The summed E-state index contributed by atoms with van der Waals surface area (Å²) in [6.07, 6.45) is 6.04. The lowest BCUT2D eigenvalue weighted by atomic mass is 9.91. The largest absolute Gasteiger partial charge is 0.341 e. The third-order valence-corrected chi connectivity index (χ3v) is 5.08. The number of aromatic nitrogens is 2. The number of halogens is 1. The van der Waals surface area contributed by atoms with E-state index in [1.807, 2.05) is 25.7 Å². The maximum atomic E-state index is 12.5. The molecule has 2 heterocycles. The van der Waals surface area contributed by atoms with E-state index in [1.165, 1.54) is 0 Å². The van der Waals surface area contributed by atoms with Crippen LogP contribution in [0, 0.1) is 5.41 Å². The van der Waals surface area contributed by atoms with Crippen molar-refractivity contribution in [1.82, 2.24) is 15.0 Å². The standard InChI is InChI=1S/C17H28N4O2.ClH/c1-16(2,3)15(22)21-10-6-7-12(11-21)13-19-14(20-23-13)17(18)8-4-5-9-17;/h12H,4-11,18H2,1-3H3;1H. The second-order valence-corrected chi connectivity index (χ2v) is 8.16. The van der Waals surface area contributed by atoms with E-state index in [0.717, 1.165) is 45.1 Å². The highest BCUT2D eigenvalue weighted by Crippen LogP contribution is 2.36. The summed E-state index contributed by atoms with van der Waals surface area (Å²) in [5.41, 5.74) is 5.63. The van der Waals surface area contributed by atoms with Crippen LogP contribution in [0.1, 0.15) is 76.9 Å². The van der Waals surface area contributed by atoms with Gasteiger partial charge in [-0.3, -0.25) is 4.79 Å². The third kappa shape index (κ3) is 3.75. The van der Waals surface area contributed by atoms with Crippen LogP contribution in [-0.2, 0) is 10.3 Å². The molecule has 1 amide bonds. The Labute approximate surface area is 149 Å². The summed E-state index contributed by atoms with van der Waals surface area (Å²) in [5.74, 6) is 1.60. The number of nitrogens with two attached hydrogens (primary N) is 1. The van der Waals surface area contributed by atoms with Gasteiger partial charge in [-0.1, -0.05) is 38.8 Å². The molecule has 24 heavy (non-hydrogen) atoms. The molecule has 1 saturated carbocycles. The van der Waals surface area contributed by atoms with E-state index in [1.54, 1.807) is 0 Å². The summed E-state index contributed by atoms with van der Waals surface area (Å²) in [5, 5.41) is 4.15. The van der Waals surface area contributed by atoms with E-state index in [2.05, 4.69) is 10.1 Å². The molecule has 1 aliphatic carbocycles. The van der Waals surface area contributed by atoms with Gasteiger partial charge in [0.25, 0.3) is 0 Å². The van der Waals surface area contributed by atoms with Crippen LogP contribution in [0.2, 0.25) is 0 Å². The molecular weight excluding hydrogens is 328 g/mol. The Kier molecular flexibility index (Phi) is 5.60. The fourth-order valence-electron chi connectivity index (χ4n) is 3.67. The minimum atomic E-state index is -0.419. The number of hydrogen-bond donors (Lipinski definition) is 1. The maximum absolute atomic E-state index is 12.5. The van der Waals surface area contributed by atoms with Gasteiger partial charge < -0.3 is 15.2 Å². The van der Waals surface area contributed by atoms with Gasteiger partial charge in [0.05, 0.1) is 11.5 Å². The van der Waals surface area contributed by atoms with Gasteiger partial charge in [-0.15, -0.1) is 12.4 Å². The van der Waals surface area contributed by atoms with E-state index in [0.29, 0.717) is 18.3 Å². The maximum Gasteiger partial charge on any atom is 0.231 e. The molecule has 6 nitrogen and oxygen atoms in total. The number of rotatable bonds is 2. The summed E-state index contributed by atoms with van der Waals surface area (Å²) in [4.78, 5) is 19.0. The molecule has 2 N–H and O–H groups in total. The average Bonchev–Trinajstić information content (AvgIpc) is 3.15. The second kappa shape index (κ2) is 7.00. The van der Waals surface area contributed by atoms with Crippen molar-refractivity contribution in [2.75, 3.05) is 13.1 Å². The number of piperidine rings is 1. The molecule has 1 unspecified atom stereocenters. The van der Waals surface area contributed by atoms with Crippen LogP contribution in [0.5, 0.6) is 0 Å². The van der Waals surface area contributed by atoms with E-state index in [4.69, 9.17) is 10.3 Å². The molecular formula is C17H29ClN4O2. The minimum Gasteiger partial charge on any atom is -0.341 e. The number of amides is 1. The molecule has 7 heteroatoms. The van der Waals surface area contributed by atoms with Gasteiger partial charge in [0.1, 0.15) is 0 Å². The zero-order valence-corrected chi connectivity index (χ0v) is 15.7. The smallest absolute Gasteiger partial charge is 0.231 e. The number of likely N-dealkylation sites (tertiary alicyclic amines) is 1. The average molecular weight is 357 g/mol. The van der Waals surface area contributed by atoms with Crippen LogP contribution in [0.4, 0.5) is 0 Å². The van der Waals surface area contributed by atoms with Crippen molar-refractivity contribution in [3.63, 3.8) is 0 Å². The van der Waals surface area contributed by atoms with Crippen molar-refractivity contribution in [3.8, 4) is 0 Å². The summed E-state index contributed by atoms with van der Waals surface area (Å²) in [6, 6.07) is 0. The van der Waals surface area contributed by atoms with Gasteiger partial charge in [0, 0.05) is 18.5 Å². The molecule has 2 fully saturated rings. The summed E-state index contributed by atoms with van der Waals surface area (Å²) in [6.45, 7) is 7.36. The van der Waals surface area contributed by atoms with Crippen molar-refractivity contribution < 1.29 is 9.32 Å². The van der Waals surface area contributed by atoms with Crippen LogP contribution in [0.3, 0.4) is 0 Å². The van der Waals surface area contributed by atoms with Gasteiger partial charge in [-0.25, -0.2) is 0 Å². The SMILES string of the molecule is CC(C)(C)C(=O)N1CCCC(c2nc(C3(N)CCCC3)no2)C1.Cl. The summed E-state index contributed by atoms with van der Waals surface area (Å²) < 4.78 is 5.52. The molecule has 136 valence electrons. The fourth-order valence-corrected chi connectivity index (χ4v) is 3.67. The first-order valence-corrected chi connectivity index (χ1v) is 8.72. The molecule has 1 aromatic heterocycles. The van der Waals surface area contributed by atoms with Crippen molar-refractivity contribution in [3.05, 3.63) is 11.7 Å². The lowest BCUT2D eigenvalue weighted by molar-refractivity contribution is -0.140. The van der Waals surface area contributed by atoms with E-state index < -0.39 is 5.54 Å². The van der Waals surface area contributed by atoms with Crippen LogP contribution >= 0.6 is 12.4 Å². The van der Waals surface area contributed by atoms with Crippen LogP contribution < -0.4 is 5.73 Å². The molecule has 1 aromatic rings. The first kappa shape index (κ1) is 19.2. The lowest BCUT2D eigenvalue weighted by Gasteiger charge is -2.35. The monoisotopic (exact) mass is 356 g/mol. The second-order valence-electron chi connectivity index (χ2n) is 8.16. The molecule has 1 aliphatic heterocycles. The molecule has 0 radical (unpaired) electrons. The lowest BCUT2D eigenvalue weighted by Crippen LogP contribution is -2.44. The zero-order valence-electron chi connectivity index (χ0n) is 14.9. The van der Waals surface area contributed by atoms with Gasteiger partial charge in [0.15, 0.2) is 5.82 Å². The number of carbonyl (C=O) groups is 1. The predicted molar refractivity (Wildman–Crippen MR) is 93.9 cm³/mol. The van der Waals surface area contributed by atoms with Crippen molar-refractivity contribution in [2.24, 2.45) is 11.1 Å². The van der Waals surface area contributed by atoms with Crippen LogP contribution in [0.25, 0.3) is 0 Å². The Bertz CT molecular complexity index is 575. The quantitative estimate of drug-likeness (QED) is 0.880. The highest BCUT2D eigenvalue weighted by atomic mass is 35.5. The van der Waals surface area contributed by atoms with Gasteiger partial charge in [0.2, 0.25) is 11.8 Å². The Morgan fingerprint density at radius 3 is 2.58 bits per heavy atom. The minimum absolute atomic E-state index is 0. The van der Waals surface area contributed by atoms with E-state index >= 15 is 0 Å². The number of carbonyl (C=O) groups excluding carboxylic acids is 1. The third-order valence-electron chi connectivity index (χ3n) is 5.08. The first-order valence-electron chi connectivity index (χ1n) is 8.72. The number of hydrogen-bond acceptors (Lipinski definition) is 5. The molecule has 1 atom stereocenters.